The van der Waals surface area contributed by atoms with Crippen LogP contribution in [0.3, 0.4) is 0 Å². The molecular formula is C12H11Cl2NO3. The Morgan fingerprint density at radius 2 is 1.94 bits per heavy atom. The van der Waals surface area contributed by atoms with Crippen molar-refractivity contribution in [2.24, 2.45) is 0 Å². The van der Waals surface area contributed by atoms with Gasteiger partial charge in [0.25, 0.3) is 0 Å². The predicted molar refractivity (Wildman–Crippen MR) is 70.5 cm³/mol. The van der Waals surface area contributed by atoms with Crippen LogP contribution in [0.15, 0.2) is 12.1 Å². The first-order valence-electron chi connectivity index (χ1n) is 4.90. The number of amides is 1. The number of nitrogens with zero attached hydrogens (tertiary/aromatic N) is 1. The van der Waals surface area contributed by atoms with Crippen LogP contribution in [0.5, 0.6) is 11.5 Å². The van der Waals surface area contributed by atoms with Gasteiger partial charge in [-0.05, 0) is 6.07 Å². The Bertz CT molecular complexity index is 495. The zero-order valence-electron chi connectivity index (χ0n) is 9.87. The Morgan fingerprint density at radius 3 is 2.50 bits per heavy atom. The van der Waals surface area contributed by atoms with E-state index in [-0.39, 0.29) is 17.4 Å². The van der Waals surface area contributed by atoms with E-state index in [1.54, 1.807) is 14.1 Å². The van der Waals surface area contributed by atoms with Gasteiger partial charge >= 0.3 is 6.09 Å². The summed E-state index contributed by atoms with van der Waals surface area (Å²) in [6.45, 7) is 0.0580. The molecule has 0 aliphatic heterocycles. The molecule has 1 aromatic carbocycles. The van der Waals surface area contributed by atoms with Crippen molar-refractivity contribution in [3.05, 3.63) is 22.2 Å². The molecular weight excluding hydrogens is 277 g/mol. The zero-order valence-corrected chi connectivity index (χ0v) is 11.4. The van der Waals surface area contributed by atoms with Gasteiger partial charge in [0.1, 0.15) is 12.4 Å². The maximum atomic E-state index is 11.4. The Kier molecular flexibility index (Phi) is 5.14. The average Bonchev–Trinajstić information content (AvgIpc) is 2.30. The quantitative estimate of drug-likeness (QED) is 0.802. The summed E-state index contributed by atoms with van der Waals surface area (Å²) in [4.78, 5) is 12.7. The van der Waals surface area contributed by atoms with Crippen LogP contribution in [0.2, 0.25) is 10.0 Å². The van der Waals surface area contributed by atoms with Crippen molar-refractivity contribution in [1.29, 1.82) is 0 Å². The van der Waals surface area contributed by atoms with Crippen LogP contribution >= 0.6 is 23.2 Å². The lowest BCUT2D eigenvalue weighted by Gasteiger charge is -2.13. The van der Waals surface area contributed by atoms with Gasteiger partial charge < -0.3 is 14.4 Å². The van der Waals surface area contributed by atoms with Gasteiger partial charge in [-0.3, -0.25) is 0 Å². The molecule has 1 amide bonds. The number of carbonyl (C=O) groups excluding carboxylic acids is 1. The van der Waals surface area contributed by atoms with Crippen molar-refractivity contribution in [3.63, 3.8) is 0 Å². The summed E-state index contributed by atoms with van der Waals surface area (Å²) in [5, 5.41) is 0.503. The van der Waals surface area contributed by atoms with E-state index in [1.807, 2.05) is 0 Å². The third kappa shape index (κ3) is 3.73. The van der Waals surface area contributed by atoms with E-state index in [2.05, 4.69) is 5.92 Å². The van der Waals surface area contributed by atoms with Crippen molar-refractivity contribution in [3.8, 4) is 23.8 Å². The van der Waals surface area contributed by atoms with Crippen LogP contribution in [-0.2, 0) is 0 Å². The molecule has 0 saturated carbocycles. The van der Waals surface area contributed by atoms with E-state index in [0.29, 0.717) is 10.8 Å². The molecule has 0 unspecified atom stereocenters. The minimum absolute atomic E-state index is 0.0580. The first-order valence-corrected chi connectivity index (χ1v) is 5.65. The lowest BCUT2D eigenvalue weighted by Crippen LogP contribution is -2.25. The van der Waals surface area contributed by atoms with Crippen LogP contribution in [0.1, 0.15) is 0 Å². The summed E-state index contributed by atoms with van der Waals surface area (Å²) >= 11 is 11.8. The summed E-state index contributed by atoms with van der Waals surface area (Å²) in [6.07, 6.45) is 4.53. The van der Waals surface area contributed by atoms with Crippen molar-refractivity contribution in [2.45, 2.75) is 0 Å². The SMILES string of the molecule is C#CCOc1cc(OC(=O)N(C)C)c(Cl)cc1Cl. The molecule has 6 heteroatoms. The molecule has 1 aromatic rings. The number of hydrogen-bond acceptors (Lipinski definition) is 3. The van der Waals surface area contributed by atoms with Crippen LogP contribution in [0, 0.1) is 12.3 Å². The maximum Gasteiger partial charge on any atom is 0.414 e. The number of hydrogen-bond donors (Lipinski definition) is 0. The molecule has 0 fully saturated rings. The Hall–Kier alpha value is -1.57. The molecule has 0 saturated heterocycles. The van der Waals surface area contributed by atoms with E-state index in [4.69, 9.17) is 39.1 Å². The molecule has 4 nitrogen and oxygen atoms in total. The fourth-order valence-corrected chi connectivity index (χ4v) is 1.48. The standard InChI is InChI=1S/C12H11Cl2NO3/c1-4-5-17-10-7-11(9(14)6-8(10)13)18-12(16)15(2)3/h1,6-7H,5H2,2-3H3. The molecule has 1 rings (SSSR count). The lowest BCUT2D eigenvalue weighted by molar-refractivity contribution is 0.172. The zero-order chi connectivity index (χ0) is 13.7. The minimum atomic E-state index is -0.554. The predicted octanol–water partition coefficient (Wildman–Crippen LogP) is 3.07. The Balaban J connectivity index is 2.98. The average molecular weight is 288 g/mol. The molecule has 0 atom stereocenters. The molecule has 0 radical (unpaired) electrons. The van der Waals surface area contributed by atoms with Crippen molar-refractivity contribution in [1.82, 2.24) is 4.90 Å². The van der Waals surface area contributed by atoms with Crippen molar-refractivity contribution < 1.29 is 14.3 Å². The molecule has 0 heterocycles. The number of benzene rings is 1. The summed E-state index contributed by atoms with van der Waals surface area (Å²) in [6, 6.07) is 2.84. The molecule has 0 bridgehead atoms. The Morgan fingerprint density at radius 1 is 1.33 bits per heavy atom. The highest BCUT2D eigenvalue weighted by atomic mass is 35.5. The van der Waals surface area contributed by atoms with E-state index in [1.165, 1.54) is 17.0 Å². The number of carbonyl (C=O) groups is 1. The fourth-order valence-electron chi connectivity index (χ4n) is 1.00. The second-order valence-corrected chi connectivity index (χ2v) is 4.28. The van der Waals surface area contributed by atoms with E-state index in [0.717, 1.165) is 0 Å². The third-order valence-electron chi connectivity index (χ3n) is 1.86. The van der Waals surface area contributed by atoms with Crippen LogP contribution in [-0.4, -0.2) is 31.7 Å². The molecule has 96 valence electrons. The highest BCUT2D eigenvalue weighted by Crippen LogP contribution is 2.35. The molecule has 0 spiro atoms. The summed E-state index contributed by atoms with van der Waals surface area (Å²) in [7, 11) is 3.11. The summed E-state index contributed by atoms with van der Waals surface area (Å²) in [5.74, 6) is 2.77. The van der Waals surface area contributed by atoms with Gasteiger partial charge in [-0.15, -0.1) is 6.42 Å². The number of ether oxygens (including phenoxy) is 2. The maximum absolute atomic E-state index is 11.4. The number of halogens is 2. The largest absolute Gasteiger partial charge is 0.479 e. The number of rotatable bonds is 3. The first kappa shape index (κ1) is 14.5. The van der Waals surface area contributed by atoms with Crippen LogP contribution in [0.4, 0.5) is 4.79 Å². The van der Waals surface area contributed by atoms with Gasteiger partial charge in [0.05, 0.1) is 10.0 Å². The summed E-state index contributed by atoms with van der Waals surface area (Å²) in [5.41, 5.74) is 0. The molecule has 18 heavy (non-hydrogen) atoms. The normalized spacial score (nSPS) is 9.50. The van der Waals surface area contributed by atoms with Gasteiger partial charge in [0, 0.05) is 20.2 Å². The first-order chi connectivity index (χ1) is 8.45. The minimum Gasteiger partial charge on any atom is -0.479 e. The highest BCUT2D eigenvalue weighted by Gasteiger charge is 2.14. The second-order valence-electron chi connectivity index (χ2n) is 3.47. The van der Waals surface area contributed by atoms with E-state index >= 15 is 0 Å². The van der Waals surface area contributed by atoms with E-state index in [9.17, 15) is 4.79 Å². The van der Waals surface area contributed by atoms with Gasteiger partial charge in [-0.2, -0.15) is 0 Å². The van der Waals surface area contributed by atoms with Crippen molar-refractivity contribution >= 4 is 29.3 Å². The Labute approximate surface area is 115 Å². The van der Waals surface area contributed by atoms with Crippen LogP contribution in [0.25, 0.3) is 0 Å². The van der Waals surface area contributed by atoms with Gasteiger partial charge in [-0.1, -0.05) is 29.1 Å². The third-order valence-corrected chi connectivity index (χ3v) is 2.45. The van der Waals surface area contributed by atoms with Crippen molar-refractivity contribution in [2.75, 3.05) is 20.7 Å². The lowest BCUT2D eigenvalue weighted by atomic mass is 10.3. The summed E-state index contributed by atoms with van der Waals surface area (Å²) < 4.78 is 10.2. The molecule has 0 aliphatic carbocycles. The monoisotopic (exact) mass is 287 g/mol. The number of terminal acetylenes is 1. The molecule has 0 N–H and O–H groups in total. The van der Waals surface area contributed by atoms with Gasteiger partial charge in [0.2, 0.25) is 0 Å². The van der Waals surface area contributed by atoms with E-state index < -0.39 is 6.09 Å². The second kappa shape index (κ2) is 6.39. The fraction of sp³-hybridized carbons (Fsp3) is 0.250. The van der Waals surface area contributed by atoms with Crippen LogP contribution < -0.4 is 9.47 Å². The molecule has 0 aromatic heterocycles. The molecule has 0 aliphatic rings. The van der Waals surface area contributed by atoms with Gasteiger partial charge in [-0.25, -0.2) is 4.79 Å². The van der Waals surface area contributed by atoms with Gasteiger partial charge in [0.15, 0.2) is 5.75 Å². The highest BCUT2D eigenvalue weighted by molar-refractivity contribution is 6.36. The smallest absolute Gasteiger partial charge is 0.414 e. The topological polar surface area (TPSA) is 38.8 Å².